The van der Waals surface area contributed by atoms with Gasteiger partial charge in [-0.15, -0.1) is 0 Å². The zero-order chi connectivity index (χ0) is 11.7. The number of likely N-dealkylation sites (N-methyl/N-ethyl adjacent to an activating group) is 1. The van der Waals surface area contributed by atoms with E-state index >= 15 is 0 Å². The van der Waals surface area contributed by atoms with Crippen LogP contribution in [-0.4, -0.2) is 30.6 Å². The second kappa shape index (κ2) is 4.52. The maximum Gasteiger partial charge on any atom is 0.123 e. The van der Waals surface area contributed by atoms with E-state index in [2.05, 4.69) is 25.8 Å². The van der Waals surface area contributed by atoms with Crippen LogP contribution in [0.4, 0.5) is 4.39 Å². The summed E-state index contributed by atoms with van der Waals surface area (Å²) in [6.45, 7) is 5.02. The number of ether oxygens (including phenoxy) is 1. The van der Waals surface area contributed by atoms with E-state index in [0.717, 1.165) is 12.2 Å². The average molecular weight is 223 g/mol. The van der Waals surface area contributed by atoms with Gasteiger partial charge in [-0.05, 0) is 38.6 Å². The first kappa shape index (κ1) is 11.6. The zero-order valence-corrected chi connectivity index (χ0v) is 9.98. The molecule has 0 bridgehead atoms. The Morgan fingerprint density at radius 3 is 2.50 bits per heavy atom. The molecule has 0 saturated carbocycles. The van der Waals surface area contributed by atoms with Crippen molar-refractivity contribution in [1.82, 2.24) is 4.90 Å². The summed E-state index contributed by atoms with van der Waals surface area (Å²) in [5, 5.41) is 0. The molecule has 1 aliphatic rings. The molecule has 1 aliphatic heterocycles. The number of morpholine rings is 1. The van der Waals surface area contributed by atoms with Crippen molar-refractivity contribution in [3.63, 3.8) is 0 Å². The van der Waals surface area contributed by atoms with Gasteiger partial charge in [-0.3, -0.25) is 4.90 Å². The molecule has 0 aliphatic carbocycles. The first-order valence-electron chi connectivity index (χ1n) is 5.68. The second-order valence-electron chi connectivity index (χ2n) is 4.56. The van der Waals surface area contributed by atoms with Gasteiger partial charge < -0.3 is 4.74 Å². The summed E-state index contributed by atoms with van der Waals surface area (Å²) in [6.07, 6.45) is 0.0433. The van der Waals surface area contributed by atoms with Crippen LogP contribution in [0.5, 0.6) is 0 Å². The minimum absolute atomic E-state index is 0.0433. The molecule has 0 unspecified atom stereocenters. The molecule has 16 heavy (non-hydrogen) atoms. The average Bonchev–Trinajstić information content (AvgIpc) is 2.28. The highest BCUT2D eigenvalue weighted by Gasteiger charge is 2.31. The summed E-state index contributed by atoms with van der Waals surface area (Å²) in [6, 6.07) is 7.34. The zero-order valence-electron chi connectivity index (χ0n) is 9.98. The molecule has 0 spiro atoms. The Kier molecular flexibility index (Phi) is 3.26. The highest BCUT2D eigenvalue weighted by molar-refractivity contribution is 5.20. The van der Waals surface area contributed by atoms with Crippen LogP contribution < -0.4 is 0 Å². The predicted molar refractivity (Wildman–Crippen MR) is 61.8 cm³/mol. The number of benzene rings is 1. The van der Waals surface area contributed by atoms with Gasteiger partial charge in [-0.1, -0.05) is 12.1 Å². The molecule has 1 fully saturated rings. The topological polar surface area (TPSA) is 12.5 Å². The van der Waals surface area contributed by atoms with Gasteiger partial charge in [-0.2, -0.15) is 0 Å². The second-order valence-corrected chi connectivity index (χ2v) is 4.56. The van der Waals surface area contributed by atoms with Gasteiger partial charge in [0.1, 0.15) is 5.82 Å². The number of nitrogens with zero attached hydrogens (tertiary/aromatic N) is 1. The van der Waals surface area contributed by atoms with Crippen molar-refractivity contribution >= 4 is 0 Å². The summed E-state index contributed by atoms with van der Waals surface area (Å²) in [4.78, 5) is 2.30. The van der Waals surface area contributed by atoms with E-state index in [4.69, 9.17) is 4.74 Å². The Hall–Kier alpha value is -0.930. The Morgan fingerprint density at radius 2 is 1.88 bits per heavy atom. The van der Waals surface area contributed by atoms with Crippen LogP contribution in [0.15, 0.2) is 24.3 Å². The Balaban J connectivity index is 2.18. The van der Waals surface area contributed by atoms with Crippen molar-refractivity contribution in [3.8, 4) is 0 Å². The highest BCUT2D eigenvalue weighted by Crippen LogP contribution is 2.29. The molecule has 3 heteroatoms. The quantitative estimate of drug-likeness (QED) is 0.725. The molecule has 2 nitrogen and oxygen atoms in total. The summed E-state index contributed by atoms with van der Waals surface area (Å²) in [7, 11) is 2.11. The Bertz CT molecular complexity index is 351. The third-order valence-electron chi connectivity index (χ3n) is 3.49. The number of halogens is 1. The largest absolute Gasteiger partial charge is 0.370 e. The molecule has 1 aromatic rings. The van der Waals surface area contributed by atoms with E-state index in [0.29, 0.717) is 12.1 Å². The minimum Gasteiger partial charge on any atom is -0.370 e. The molecule has 0 N–H and O–H groups in total. The van der Waals surface area contributed by atoms with Gasteiger partial charge in [0.05, 0.1) is 12.7 Å². The lowest BCUT2D eigenvalue weighted by molar-refractivity contribution is -0.0853. The minimum atomic E-state index is -0.200. The van der Waals surface area contributed by atoms with Crippen LogP contribution in [0.3, 0.4) is 0 Å². The number of hydrogen-bond donors (Lipinski definition) is 0. The maximum atomic E-state index is 12.8. The van der Waals surface area contributed by atoms with Crippen molar-refractivity contribution in [2.45, 2.75) is 32.0 Å². The fraction of sp³-hybridized carbons (Fsp3) is 0.538. The summed E-state index contributed by atoms with van der Waals surface area (Å²) in [5.41, 5.74) is 1.05. The fourth-order valence-electron chi connectivity index (χ4n) is 2.14. The Morgan fingerprint density at radius 1 is 1.25 bits per heavy atom. The normalized spacial score (nSPS) is 31.6. The summed E-state index contributed by atoms with van der Waals surface area (Å²) >= 11 is 0. The van der Waals surface area contributed by atoms with Crippen molar-refractivity contribution in [1.29, 1.82) is 0 Å². The molecule has 1 aromatic carbocycles. The number of rotatable bonds is 1. The first-order valence-corrected chi connectivity index (χ1v) is 5.68. The molecule has 1 saturated heterocycles. The van der Waals surface area contributed by atoms with Crippen LogP contribution in [0.1, 0.15) is 25.5 Å². The smallest absolute Gasteiger partial charge is 0.123 e. The van der Waals surface area contributed by atoms with Crippen LogP contribution >= 0.6 is 0 Å². The van der Waals surface area contributed by atoms with Crippen LogP contribution in [-0.2, 0) is 4.74 Å². The molecule has 3 atom stereocenters. The van der Waals surface area contributed by atoms with Crippen LogP contribution in [0.2, 0.25) is 0 Å². The van der Waals surface area contributed by atoms with Gasteiger partial charge >= 0.3 is 0 Å². The number of hydrogen-bond acceptors (Lipinski definition) is 2. The van der Waals surface area contributed by atoms with Gasteiger partial charge in [0, 0.05) is 12.1 Å². The van der Waals surface area contributed by atoms with Crippen molar-refractivity contribution in [2.24, 2.45) is 0 Å². The van der Waals surface area contributed by atoms with E-state index in [1.54, 1.807) is 12.1 Å². The third-order valence-corrected chi connectivity index (χ3v) is 3.49. The highest BCUT2D eigenvalue weighted by atomic mass is 19.1. The van der Waals surface area contributed by atoms with Gasteiger partial charge in [0.15, 0.2) is 0 Å². The molecule has 88 valence electrons. The van der Waals surface area contributed by atoms with Crippen molar-refractivity contribution < 1.29 is 9.13 Å². The molecule has 0 amide bonds. The van der Waals surface area contributed by atoms with Crippen LogP contribution in [0.25, 0.3) is 0 Å². The van der Waals surface area contributed by atoms with E-state index in [9.17, 15) is 4.39 Å². The molecule has 2 rings (SSSR count). The summed E-state index contributed by atoms with van der Waals surface area (Å²) < 4.78 is 18.7. The van der Waals surface area contributed by atoms with Gasteiger partial charge in [0.25, 0.3) is 0 Å². The van der Waals surface area contributed by atoms with E-state index in [1.165, 1.54) is 12.1 Å². The molecular weight excluding hydrogens is 205 g/mol. The predicted octanol–water partition coefficient (Wildman–Crippen LogP) is 2.61. The van der Waals surface area contributed by atoms with E-state index in [-0.39, 0.29) is 11.9 Å². The SMILES string of the molecule is C[C@@H]1CO[C@@H](c2ccc(F)cc2)[C@H](C)N1C. The monoisotopic (exact) mass is 223 g/mol. The molecule has 0 radical (unpaired) electrons. The maximum absolute atomic E-state index is 12.8. The lowest BCUT2D eigenvalue weighted by atomic mass is 9.99. The molecular formula is C13H18FNO. The lowest BCUT2D eigenvalue weighted by Crippen LogP contribution is -2.48. The first-order chi connectivity index (χ1) is 7.59. The lowest BCUT2D eigenvalue weighted by Gasteiger charge is -2.41. The third kappa shape index (κ3) is 2.11. The fourth-order valence-corrected chi connectivity index (χ4v) is 2.14. The van der Waals surface area contributed by atoms with Gasteiger partial charge in [0.2, 0.25) is 0 Å². The van der Waals surface area contributed by atoms with Crippen LogP contribution in [0, 0.1) is 5.82 Å². The van der Waals surface area contributed by atoms with E-state index in [1.807, 2.05) is 0 Å². The standard InChI is InChI=1S/C13H18FNO/c1-9-8-16-13(10(2)15(9)3)11-4-6-12(14)7-5-11/h4-7,9-10,13H,8H2,1-3H3/t9-,10+,13-/m1/s1. The van der Waals surface area contributed by atoms with E-state index < -0.39 is 0 Å². The summed E-state index contributed by atoms with van der Waals surface area (Å²) in [5.74, 6) is -0.200. The molecule has 0 aromatic heterocycles. The van der Waals surface area contributed by atoms with Crippen molar-refractivity contribution in [2.75, 3.05) is 13.7 Å². The van der Waals surface area contributed by atoms with Crippen molar-refractivity contribution in [3.05, 3.63) is 35.6 Å². The van der Waals surface area contributed by atoms with Gasteiger partial charge in [-0.25, -0.2) is 4.39 Å². The Labute approximate surface area is 96.0 Å². The molecule has 1 heterocycles.